The second-order valence-electron chi connectivity index (χ2n) is 8.96. The van der Waals surface area contributed by atoms with Gasteiger partial charge in [-0.05, 0) is 63.8 Å². The lowest BCUT2D eigenvalue weighted by Gasteiger charge is -2.36. The molecule has 0 bridgehead atoms. The van der Waals surface area contributed by atoms with E-state index < -0.39 is 0 Å². The maximum absolute atomic E-state index is 12.8. The van der Waals surface area contributed by atoms with Crippen molar-refractivity contribution in [2.75, 3.05) is 20.3 Å². The van der Waals surface area contributed by atoms with Gasteiger partial charge in [0.25, 0.3) is 0 Å². The van der Waals surface area contributed by atoms with Crippen LogP contribution < -0.4 is 21.5 Å². The molecule has 1 saturated carbocycles. The Bertz CT molecular complexity index is 475. The Balaban J connectivity index is 1.45. The summed E-state index contributed by atoms with van der Waals surface area (Å²) in [7, 11) is 2.15. The first-order valence-electron chi connectivity index (χ1n) is 10.9. The highest BCUT2D eigenvalue weighted by Gasteiger charge is 2.32. The molecule has 6 atom stereocenters. The minimum atomic E-state index is -0.0875. The molecule has 0 spiro atoms. The van der Waals surface area contributed by atoms with E-state index in [4.69, 9.17) is 5.11 Å². The van der Waals surface area contributed by atoms with E-state index in [1.54, 1.807) is 0 Å². The second kappa shape index (κ2) is 10.2. The van der Waals surface area contributed by atoms with E-state index >= 15 is 0 Å². The average molecular weight is 382 g/mol. The number of carbonyl (C=O) groups excluding carboxylic acids is 1. The molecule has 0 radical (unpaired) electrons. The number of hydrogen-bond donors (Lipinski definition) is 5. The number of nitrogens with zero attached hydrogens (tertiary/aromatic N) is 1. The first kappa shape index (κ1) is 21.0. The maximum Gasteiger partial charge on any atom is 0.237 e. The van der Waals surface area contributed by atoms with Gasteiger partial charge in [-0.1, -0.05) is 19.8 Å². The molecule has 5 unspecified atom stereocenters. The first-order valence-corrected chi connectivity index (χ1v) is 10.9. The molecule has 1 aliphatic carbocycles. The van der Waals surface area contributed by atoms with Gasteiger partial charge in [-0.15, -0.1) is 0 Å². The molecule has 7 nitrogen and oxygen atoms in total. The summed E-state index contributed by atoms with van der Waals surface area (Å²) in [5.41, 5.74) is 6.57. The fourth-order valence-corrected chi connectivity index (χ4v) is 5.08. The SMILES string of the molecule is C[C@H](CC1NNCN1C)C1CCCC(NC(=O)C2CCCC(CCO)N2)C1. The smallest absolute Gasteiger partial charge is 0.237 e. The number of hydrogen-bond acceptors (Lipinski definition) is 6. The summed E-state index contributed by atoms with van der Waals surface area (Å²) in [6.07, 6.45) is 10.0. The minimum Gasteiger partial charge on any atom is -0.396 e. The Morgan fingerprint density at radius 2 is 2.07 bits per heavy atom. The zero-order chi connectivity index (χ0) is 19.2. The van der Waals surface area contributed by atoms with Gasteiger partial charge in [-0.3, -0.25) is 9.69 Å². The summed E-state index contributed by atoms with van der Waals surface area (Å²) in [5.74, 6) is 1.49. The number of piperidine rings is 1. The molecule has 7 heteroatoms. The van der Waals surface area contributed by atoms with Crippen molar-refractivity contribution in [2.45, 2.75) is 89.0 Å². The van der Waals surface area contributed by atoms with Crippen LogP contribution in [0.5, 0.6) is 0 Å². The van der Waals surface area contributed by atoms with Crippen molar-refractivity contribution < 1.29 is 9.90 Å². The van der Waals surface area contributed by atoms with E-state index in [1.807, 2.05) is 0 Å². The third-order valence-electron chi connectivity index (χ3n) is 6.87. The lowest BCUT2D eigenvalue weighted by molar-refractivity contribution is -0.125. The molecule has 0 aromatic heterocycles. The molecule has 0 aromatic rings. The van der Waals surface area contributed by atoms with Crippen molar-refractivity contribution in [3.05, 3.63) is 0 Å². The number of aliphatic hydroxyl groups is 1. The van der Waals surface area contributed by atoms with Gasteiger partial charge < -0.3 is 15.7 Å². The Hall–Kier alpha value is -0.730. The number of hydrazine groups is 1. The summed E-state index contributed by atoms with van der Waals surface area (Å²) < 4.78 is 0. The van der Waals surface area contributed by atoms with E-state index in [1.165, 1.54) is 12.8 Å². The van der Waals surface area contributed by atoms with Crippen molar-refractivity contribution in [1.82, 2.24) is 26.4 Å². The highest BCUT2D eigenvalue weighted by atomic mass is 16.3. The third-order valence-corrected chi connectivity index (χ3v) is 6.87. The number of rotatable bonds is 7. The van der Waals surface area contributed by atoms with E-state index in [0.29, 0.717) is 24.0 Å². The topological polar surface area (TPSA) is 88.7 Å². The summed E-state index contributed by atoms with van der Waals surface area (Å²) in [4.78, 5) is 15.1. The number of nitrogens with one attached hydrogen (secondary N) is 4. The zero-order valence-corrected chi connectivity index (χ0v) is 17.0. The molecule has 2 aliphatic heterocycles. The van der Waals surface area contributed by atoms with E-state index in [2.05, 4.69) is 40.4 Å². The summed E-state index contributed by atoms with van der Waals surface area (Å²) in [6.45, 7) is 3.45. The molecule has 3 aliphatic rings. The molecular weight excluding hydrogens is 342 g/mol. The van der Waals surface area contributed by atoms with E-state index in [9.17, 15) is 4.79 Å². The molecule has 27 heavy (non-hydrogen) atoms. The van der Waals surface area contributed by atoms with Gasteiger partial charge in [-0.25, -0.2) is 10.9 Å². The van der Waals surface area contributed by atoms with Gasteiger partial charge in [0.1, 0.15) is 0 Å². The van der Waals surface area contributed by atoms with E-state index in [-0.39, 0.29) is 24.6 Å². The number of aliphatic hydroxyl groups excluding tert-OH is 1. The van der Waals surface area contributed by atoms with Gasteiger partial charge in [0, 0.05) is 18.7 Å². The highest BCUT2D eigenvalue weighted by Crippen LogP contribution is 2.33. The summed E-state index contributed by atoms with van der Waals surface area (Å²) in [5, 5.41) is 15.9. The van der Waals surface area contributed by atoms with Crippen LogP contribution in [-0.2, 0) is 4.79 Å². The van der Waals surface area contributed by atoms with Gasteiger partial charge in [0.2, 0.25) is 5.91 Å². The van der Waals surface area contributed by atoms with E-state index in [0.717, 1.165) is 51.6 Å². The minimum absolute atomic E-state index is 0.0875. The molecule has 5 N–H and O–H groups in total. The van der Waals surface area contributed by atoms with Crippen molar-refractivity contribution in [2.24, 2.45) is 11.8 Å². The van der Waals surface area contributed by atoms with Crippen LogP contribution in [0.4, 0.5) is 0 Å². The van der Waals surface area contributed by atoms with Crippen LogP contribution in [0.2, 0.25) is 0 Å². The zero-order valence-electron chi connectivity index (χ0n) is 17.0. The van der Waals surface area contributed by atoms with Crippen molar-refractivity contribution in [3.63, 3.8) is 0 Å². The quantitative estimate of drug-likeness (QED) is 0.450. The van der Waals surface area contributed by atoms with Gasteiger partial charge >= 0.3 is 0 Å². The first-order chi connectivity index (χ1) is 13.1. The Morgan fingerprint density at radius 3 is 2.81 bits per heavy atom. The van der Waals surface area contributed by atoms with Crippen LogP contribution in [0.15, 0.2) is 0 Å². The van der Waals surface area contributed by atoms with Crippen LogP contribution in [0.25, 0.3) is 0 Å². The van der Waals surface area contributed by atoms with Crippen LogP contribution in [-0.4, -0.2) is 60.5 Å². The predicted octanol–water partition coefficient (Wildman–Crippen LogP) is 0.904. The summed E-state index contributed by atoms with van der Waals surface area (Å²) >= 11 is 0. The predicted molar refractivity (Wildman–Crippen MR) is 107 cm³/mol. The van der Waals surface area contributed by atoms with Crippen molar-refractivity contribution in [3.8, 4) is 0 Å². The highest BCUT2D eigenvalue weighted by molar-refractivity contribution is 5.82. The molecule has 3 rings (SSSR count). The van der Waals surface area contributed by atoms with Crippen LogP contribution >= 0.6 is 0 Å². The lowest BCUT2D eigenvalue weighted by atomic mass is 9.77. The largest absolute Gasteiger partial charge is 0.396 e. The third kappa shape index (κ3) is 5.87. The number of carbonyl (C=O) groups is 1. The van der Waals surface area contributed by atoms with Crippen LogP contribution in [0.3, 0.4) is 0 Å². The molecule has 1 amide bonds. The van der Waals surface area contributed by atoms with Crippen molar-refractivity contribution >= 4 is 5.91 Å². The fraction of sp³-hybridized carbons (Fsp3) is 0.950. The lowest BCUT2D eigenvalue weighted by Crippen LogP contribution is -2.53. The normalized spacial score (nSPS) is 36.5. The molecule has 2 saturated heterocycles. The van der Waals surface area contributed by atoms with Crippen LogP contribution in [0.1, 0.15) is 64.7 Å². The second-order valence-corrected chi connectivity index (χ2v) is 8.96. The molecular formula is C20H39N5O2. The maximum atomic E-state index is 12.8. The fourth-order valence-electron chi connectivity index (χ4n) is 5.08. The van der Waals surface area contributed by atoms with Gasteiger partial charge in [0.05, 0.1) is 18.9 Å². The Labute approximate surface area is 164 Å². The van der Waals surface area contributed by atoms with Gasteiger partial charge in [0.15, 0.2) is 0 Å². The van der Waals surface area contributed by atoms with Gasteiger partial charge in [-0.2, -0.15) is 0 Å². The van der Waals surface area contributed by atoms with Crippen LogP contribution in [0, 0.1) is 11.8 Å². The molecule has 3 fully saturated rings. The molecule has 0 aromatic carbocycles. The monoisotopic (exact) mass is 381 g/mol. The molecule has 2 heterocycles. The summed E-state index contributed by atoms with van der Waals surface area (Å²) in [6, 6.07) is 0.504. The Morgan fingerprint density at radius 1 is 1.26 bits per heavy atom. The molecule has 156 valence electrons. The Kier molecular flexibility index (Phi) is 7.90. The standard InChI is InChI=1S/C20H39N5O2/c1-14(11-19-24-21-13-25(19)2)15-5-3-7-17(12-15)23-20(27)18-8-4-6-16(22-18)9-10-26/h14-19,21-22,24,26H,3-13H2,1-2H3,(H,23,27)/t14-,15?,16?,17?,18?,19?/m1/s1. The van der Waals surface area contributed by atoms with Crippen molar-refractivity contribution in [1.29, 1.82) is 0 Å². The number of amides is 1. The average Bonchev–Trinajstić information content (AvgIpc) is 3.07.